The molecule has 0 aliphatic carbocycles. The third-order valence-corrected chi connectivity index (χ3v) is 4.15. The molecule has 1 atom stereocenters. The van der Waals surface area contributed by atoms with Gasteiger partial charge in [-0.1, -0.05) is 13.3 Å². The van der Waals surface area contributed by atoms with Crippen LogP contribution in [0.2, 0.25) is 0 Å². The molecule has 2 N–H and O–H groups in total. The van der Waals surface area contributed by atoms with Crippen molar-refractivity contribution in [1.29, 1.82) is 0 Å². The van der Waals surface area contributed by atoms with E-state index in [1.165, 1.54) is 0 Å². The molecule has 26 heavy (non-hydrogen) atoms. The maximum Gasteiger partial charge on any atom is 0.326 e. The number of aromatic nitrogens is 4. The molecule has 8 nitrogen and oxygen atoms in total. The molecule has 0 aromatic carbocycles. The van der Waals surface area contributed by atoms with E-state index >= 15 is 0 Å². The van der Waals surface area contributed by atoms with Crippen molar-refractivity contribution in [2.45, 2.75) is 59.9 Å². The molecule has 0 bridgehead atoms. The number of rotatable bonds is 7. The van der Waals surface area contributed by atoms with Crippen molar-refractivity contribution in [2.24, 2.45) is 0 Å². The Morgan fingerprint density at radius 1 is 1.19 bits per heavy atom. The van der Waals surface area contributed by atoms with Gasteiger partial charge in [-0.3, -0.25) is 4.79 Å². The van der Waals surface area contributed by atoms with Crippen LogP contribution < -0.4 is 5.32 Å². The molecule has 0 fully saturated rings. The highest BCUT2D eigenvalue weighted by Crippen LogP contribution is 2.17. The summed E-state index contributed by atoms with van der Waals surface area (Å²) in [6.07, 6.45) is 1.14. The van der Waals surface area contributed by atoms with Crippen LogP contribution in [0.4, 0.5) is 0 Å². The van der Waals surface area contributed by atoms with Crippen molar-refractivity contribution < 1.29 is 14.7 Å². The molecule has 2 rings (SSSR count). The summed E-state index contributed by atoms with van der Waals surface area (Å²) >= 11 is 0. The Morgan fingerprint density at radius 3 is 2.35 bits per heavy atom. The molecule has 0 radical (unpaired) electrons. The first kappa shape index (κ1) is 19.6. The Kier molecular flexibility index (Phi) is 6.07. The van der Waals surface area contributed by atoms with Crippen molar-refractivity contribution >= 4 is 11.9 Å². The Bertz CT molecular complexity index is 808. The first-order valence-electron chi connectivity index (χ1n) is 8.62. The number of aryl methyl sites for hydroxylation is 3. The first-order chi connectivity index (χ1) is 12.2. The highest BCUT2D eigenvalue weighted by molar-refractivity contribution is 5.85. The van der Waals surface area contributed by atoms with Crippen LogP contribution in [0.25, 0.3) is 5.95 Å². The second-order valence-electron chi connectivity index (χ2n) is 6.44. The number of carbonyl (C=O) groups excluding carboxylic acids is 1. The van der Waals surface area contributed by atoms with E-state index < -0.39 is 12.0 Å². The zero-order chi connectivity index (χ0) is 19.4. The molecule has 0 aliphatic rings. The van der Waals surface area contributed by atoms with E-state index in [9.17, 15) is 14.7 Å². The van der Waals surface area contributed by atoms with Crippen LogP contribution >= 0.6 is 0 Å². The molecule has 2 heterocycles. The zero-order valence-corrected chi connectivity index (χ0v) is 15.8. The Labute approximate surface area is 152 Å². The monoisotopic (exact) mass is 359 g/mol. The number of carboxylic acid groups (broad SMARTS) is 1. The maximum absolute atomic E-state index is 12.3. The quantitative estimate of drug-likeness (QED) is 0.780. The number of aliphatic carboxylic acids is 1. The molecule has 0 saturated carbocycles. The van der Waals surface area contributed by atoms with E-state index in [0.29, 0.717) is 24.5 Å². The zero-order valence-electron chi connectivity index (χ0n) is 15.8. The number of carbonyl (C=O) groups is 2. The van der Waals surface area contributed by atoms with E-state index in [1.807, 2.05) is 40.7 Å². The van der Waals surface area contributed by atoms with Crippen molar-refractivity contribution in [1.82, 2.24) is 25.1 Å². The molecule has 2 aromatic rings. The summed E-state index contributed by atoms with van der Waals surface area (Å²) in [5.74, 6) is -0.893. The lowest BCUT2D eigenvalue weighted by atomic mass is 10.1. The molecular formula is C18H25N5O3. The third kappa shape index (κ3) is 4.44. The fraction of sp³-hybridized carbons (Fsp3) is 0.500. The van der Waals surface area contributed by atoms with Gasteiger partial charge in [-0.25, -0.2) is 19.4 Å². The van der Waals surface area contributed by atoms with Crippen molar-refractivity contribution in [3.63, 3.8) is 0 Å². The van der Waals surface area contributed by atoms with E-state index in [0.717, 1.165) is 22.6 Å². The van der Waals surface area contributed by atoms with Gasteiger partial charge in [0.25, 0.3) is 5.95 Å². The van der Waals surface area contributed by atoms with Gasteiger partial charge in [0.1, 0.15) is 6.04 Å². The van der Waals surface area contributed by atoms with Gasteiger partial charge in [0.15, 0.2) is 0 Å². The van der Waals surface area contributed by atoms with Crippen molar-refractivity contribution in [3.8, 4) is 5.95 Å². The van der Waals surface area contributed by atoms with Crippen LogP contribution in [-0.4, -0.2) is 42.8 Å². The predicted molar refractivity (Wildman–Crippen MR) is 96.3 cm³/mol. The van der Waals surface area contributed by atoms with Gasteiger partial charge in [0, 0.05) is 22.6 Å². The highest BCUT2D eigenvalue weighted by atomic mass is 16.4. The van der Waals surface area contributed by atoms with Gasteiger partial charge < -0.3 is 10.4 Å². The SMILES string of the molecule is CCCC(NC(=O)Cc1c(C)nn(-c2nc(C)cc(C)n2)c1C)C(=O)O. The number of nitrogens with one attached hydrogen (secondary N) is 1. The minimum atomic E-state index is -1.02. The van der Waals surface area contributed by atoms with Gasteiger partial charge in [0.2, 0.25) is 5.91 Å². The van der Waals surface area contributed by atoms with E-state index in [4.69, 9.17) is 0 Å². The molecule has 1 unspecified atom stereocenters. The molecule has 0 spiro atoms. The number of nitrogens with zero attached hydrogens (tertiary/aromatic N) is 4. The molecule has 140 valence electrons. The molecule has 8 heteroatoms. The van der Waals surface area contributed by atoms with Crippen LogP contribution in [0.15, 0.2) is 6.07 Å². The molecule has 0 aliphatic heterocycles. The van der Waals surface area contributed by atoms with Gasteiger partial charge in [-0.15, -0.1) is 0 Å². The topological polar surface area (TPSA) is 110 Å². The van der Waals surface area contributed by atoms with Gasteiger partial charge in [-0.2, -0.15) is 5.10 Å². The summed E-state index contributed by atoms with van der Waals surface area (Å²) in [7, 11) is 0. The van der Waals surface area contributed by atoms with Crippen molar-refractivity contribution in [2.75, 3.05) is 0 Å². The second-order valence-corrected chi connectivity index (χ2v) is 6.44. The van der Waals surface area contributed by atoms with E-state index in [1.54, 1.807) is 4.68 Å². The molecule has 2 aromatic heterocycles. The lowest BCUT2D eigenvalue weighted by Gasteiger charge is -2.13. The summed E-state index contributed by atoms with van der Waals surface area (Å²) < 4.78 is 1.62. The van der Waals surface area contributed by atoms with Crippen molar-refractivity contribution in [3.05, 3.63) is 34.4 Å². The van der Waals surface area contributed by atoms with E-state index in [-0.39, 0.29) is 12.3 Å². The van der Waals surface area contributed by atoms with Crippen LogP contribution in [0.3, 0.4) is 0 Å². The summed E-state index contributed by atoms with van der Waals surface area (Å²) in [5.41, 5.74) is 3.89. The Balaban J connectivity index is 2.24. The number of carboxylic acids is 1. The number of hydrogen-bond acceptors (Lipinski definition) is 5. The summed E-state index contributed by atoms with van der Waals surface area (Å²) in [6.45, 7) is 9.32. The van der Waals surface area contributed by atoms with E-state index in [2.05, 4.69) is 20.4 Å². The Hall–Kier alpha value is -2.77. The summed E-state index contributed by atoms with van der Waals surface area (Å²) in [4.78, 5) is 32.3. The Morgan fingerprint density at radius 2 is 1.81 bits per heavy atom. The van der Waals surface area contributed by atoms with Gasteiger partial charge >= 0.3 is 5.97 Å². The second kappa shape index (κ2) is 8.07. The number of amides is 1. The van der Waals surface area contributed by atoms with Crippen LogP contribution in [0.1, 0.15) is 48.1 Å². The number of hydrogen-bond donors (Lipinski definition) is 2. The summed E-state index contributed by atoms with van der Waals surface area (Å²) in [6, 6.07) is 1.01. The lowest BCUT2D eigenvalue weighted by molar-refractivity contribution is -0.141. The minimum absolute atomic E-state index is 0.0654. The average Bonchev–Trinajstić information content (AvgIpc) is 2.81. The molecular weight excluding hydrogens is 334 g/mol. The molecule has 0 saturated heterocycles. The van der Waals surface area contributed by atoms with Gasteiger partial charge in [0.05, 0.1) is 12.1 Å². The normalized spacial score (nSPS) is 12.0. The largest absolute Gasteiger partial charge is 0.480 e. The third-order valence-electron chi connectivity index (χ3n) is 4.15. The van der Waals surface area contributed by atoms with Gasteiger partial charge in [-0.05, 0) is 40.2 Å². The smallest absolute Gasteiger partial charge is 0.326 e. The fourth-order valence-corrected chi connectivity index (χ4v) is 2.88. The van der Waals surface area contributed by atoms with Crippen LogP contribution in [0, 0.1) is 27.7 Å². The minimum Gasteiger partial charge on any atom is -0.480 e. The van der Waals surface area contributed by atoms with Crippen LogP contribution in [0.5, 0.6) is 0 Å². The maximum atomic E-state index is 12.3. The first-order valence-corrected chi connectivity index (χ1v) is 8.62. The average molecular weight is 359 g/mol. The predicted octanol–water partition coefficient (Wildman–Crippen LogP) is 1.81. The van der Waals surface area contributed by atoms with Crippen LogP contribution in [-0.2, 0) is 16.0 Å². The highest BCUT2D eigenvalue weighted by Gasteiger charge is 2.22. The molecule has 1 amide bonds. The summed E-state index contributed by atoms with van der Waals surface area (Å²) in [5, 5.41) is 16.2. The fourth-order valence-electron chi connectivity index (χ4n) is 2.88. The lowest BCUT2D eigenvalue weighted by Crippen LogP contribution is -2.41. The standard InChI is InChI=1S/C18H25N5O3/c1-6-7-15(17(25)26)21-16(24)9-14-12(4)22-23(13(14)5)18-19-10(2)8-11(3)20-18/h8,15H,6-7,9H2,1-5H3,(H,21,24)(H,25,26).